The van der Waals surface area contributed by atoms with E-state index in [1.54, 1.807) is 6.08 Å². The van der Waals surface area contributed by atoms with E-state index in [2.05, 4.69) is 15.5 Å². The Balaban J connectivity index is 1.50. The number of nitrogens with zero attached hydrogens (tertiary/aromatic N) is 3. The number of ether oxygens (including phenoxy) is 1. The van der Waals surface area contributed by atoms with E-state index in [4.69, 9.17) is 14.7 Å². The molecule has 7 nitrogen and oxygen atoms in total. The summed E-state index contributed by atoms with van der Waals surface area (Å²) in [5, 5.41) is 15.3. The number of esters is 1. The Morgan fingerprint density at radius 1 is 1.20 bits per heavy atom. The Kier molecular flexibility index (Phi) is 4.84. The fourth-order valence-corrected chi connectivity index (χ4v) is 4.85. The molecule has 2 aromatic heterocycles. The normalized spacial score (nSPS) is 18.8. The zero-order valence-electron chi connectivity index (χ0n) is 16.4. The maximum Gasteiger partial charge on any atom is 0.338 e. The van der Waals surface area contributed by atoms with E-state index in [1.807, 2.05) is 53.3 Å². The molecule has 1 unspecified atom stereocenters. The van der Waals surface area contributed by atoms with Crippen LogP contribution in [0.1, 0.15) is 24.5 Å². The Hall–Kier alpha value is -3.39. The number of H-pyrrole nitrogens is 1. The predicted octanol–water partition coefficient (Wildman–Crippen LogP) is 4.43. The number of nitrogens with one attached hydrogen (secondary N) is 2. The van der Waals surface area contributed by atoms with E-state index in [9.17, 15) is 4.79 Å². The summed E-state index contributed by atoms with van der Waals surface area (Å²) in [4.78, 5) is 21.4. The molecule has 30 heavy (non-hydrogen) atoms. The summed E-state index contributed by atoms with van der Waals surface area (Å²) in [5.74, 6) is 1.72. The average molecular weight is 420 g/mol. The first-order valence-corrected chi connectivity index (χ1v) is 11.2. The van der Waals surface area contributed by atoms with E-state index < -0.39 is 10.9 Å². The minimum absolute atomic E-state index is 0.348. The summed E-state index contributed by atoms with van der Waals surface area (Å²) in [6, 6.07) is 13.9. The van der Waals surface area contributed by atoms with Crippen LogP contribution >= 0.6 is 10.9 Å². The molecule has 0 spiro atoms. The highest BCUT2D eigenvalue weighted by Gasteiger charge is 2.26. The minimum atomic E-state index is -0.942. The van der Waals surface area contributed by atoms with Gasteiger partial charge in [0.25, 0.3) is 0 Å². The highest BCUT2D eigenvalue weighted by molar-refractivity contribution is 8.22. The molecule has 1 fully saturated rings. The number of thiol groups is 1. The summed E-state index contributed by atoms with van der Waals surface area (Å²) in [7, 11) is 0.440. The number of anilines is 2. The lowest BCUT2D eigenvalue weighted by atomic mass is 10.1. The summed E-state index contributed by atoms with van der Waals surface area (Å²) in [6.07, 6.45) is 4.18. The van der Waals surface area contributed by atoms with Crippen molar-refractivity contribution in [3.05, 3.63) is 70.6 Å². The molecule has 3 heterocycles. The quantitative estimate of drug-likeness (QED) is 0.311. The van der Waals surface area contributed by atoms with Crippen LogP contribution in [0.15, 0.2) is 70.1 Å². The Bertz CT molecular complexity index is 1150. The van der Waals surface area contributed by atoms with Crippen LogP contribution in [0, 0.1) is 0 Å². The van der Waals surface area contributed by atoms with Crippen LogP contribution in [0.3, 0.4) is 0 Å². The lowest BCUT2D eigenvalue weighted by Gasteiger charge is -2.13. The first kappa shape index (κ1) is 18.6. The number of rotatable bonds is 6. The fraction of sp³-hybridized carbons (Fsp3) is 0.182. The lowest BCUT2D eigenvalue weighted by molar-refractivity contribution is -0.135. The van der Waals surface area contributed by atoms with Gasteiger partial charge in [-0.2, -0.15) is 16.0 Å². The van der Waals surface area contributed by atoms with E-state index in [-0.39, 0.29) is 5.97 Å². The van der Waals surface area contributed by atoms with Gasteiger partial charge in [0.2, 0.25) is 0 Å². The van der Waals surface area contributed by atoms with Gasteiger partial charge in [-0.3, -0.25) is 5.10 Å². The second-order valence-corrected chi connectivity index (χ2v) is 8.98. The van der Waals surface area contributed by atoms with Crippen molar-refractivity contribution in [3.8, 4) is 11.3 Å². The smallest absolute Gasteiger partial charge is 0.338 e. The topological polar surface area (TPSA) is 92.8 Å². The molecule has 0 bridgehead atoms. The zero-order valence-corrected chi connectivity index (χ0v) is 17.3. The molecule has 1 aliphatic heterocycles. The van der Waals surface area contributed by atoms with Gasteiger partial charge in [-0.05, 0) is 29.7 Å². The molecular weight excluding hydrogens is 398 g/mol. The molecule has 1 atom stereocenters. The van der Waals surface area contributed by atoms with Crippen LogP contribution in [-0.2, 0) is 9.53 Å². The third-order valence-corrected chi connectivity index (χ3v) is 6.67. The van der Waals surface area contributed by atoms with E-state index in [0.29, 0.717) is 22.5 Å². The van der Waals surface area contributed by atoms with Crippen LogP contribution in [0.4, 0.5) is 11.6 Å². The largest absolute Gasteiger partial charge is 0.465 e. The number of methoxy groups -OCH3 is 1. The van der Waals surface area contributed by atoms with Crippen molar-refractivity contribution in [2.75, 3.05) is 12.4 Å². The lowest BCUT2D eigenvalue weighted by Crippen LogP contribution is -2.01. The molecule has 0 amide bonds. The Morgan fingerprint density at radius 3 is 2.80 bits per heavy atom. The van der Waals surface area contributed by atoms with Crippen LogP contribution in [0.5, 0.6) is 0 Å². The maximum atomic E-state index is 11.9. The van der Waals surface area contributed by atoms with Gasteiger partial charge in [-0.25, -0.2) is 14.8 Å². The van der Waals surface area contributed by atoms with Crippen LogP contribution in [-0.4, -0.2) is 33.2 Å². The maximum absolute atomic E-state index is 11.9. The molecule has 1 saturated carbocycles. The van der Waals surface area contributed by atoms with Gasteiger partial charge in [-0.15, -0.1) is 0 Å². The second kappa shape index (κ2) is 7.79. The standard InChI is InChI=1S/C22H21N5O2S/c1-29-21(28)16-9-10-30(13-16)22-23-17(14-5-3-2-4-6-14)11-19(25-22)24-20-12-18(26-27-20)15-7-8-15/h2-6,9-13,15,30H,7-8H2,1H3,(H2,23,24,25,26,27). The first-order valence-electron chi connectivity index (χ1n) is 9.73. The van der Waals surface area contributed by atoms with Crippen LogP contribution in [0.25, 0.3) is 11.3 Å². The molecule has 5 rings (SSSR count). The summed E-state index contributed by atoms with van der Waals surface area (Å²) in [5.41, 5.74) is 3.45. The molecule has 8 heteroatoms. The van der Waals surface area contributed by atoms with Crippen molar-refractivity contribution in [2.45, 2.75) is 23.9 Å². The van der Waals surface area contributed by atoms with Gasteiger partial charge in [0.15, 0.2) is 5.16 Å². The van der Waals surface area contributed by atoms with Crippen LogP contribution < -0.4 is 5.32 Å². The van der Waals surface area contributed by atoms with Gasteiger partial charge < -0.3 is 10.1 Å². The molecule has 2 N–H and O–H groups in total. The first-order chi connectivity index (χ1) is 14.7. The monoisotopic (exact) mass is 419 g/mol. The Labute approximate surface area is 176 Å². The van der Waals surface area contributed by atoms with Crippen molar-refractivity contribution >= 4 is 28.5 Å². The fourth-order valence-electron chi connectivity index (χ4n) is 3.26. The van der Waals surface area contributed by atoms with E-state index >= 15 is 0 Å². The van der Waals surface area contributed by atoms with Gasteiger partial charge in [-0.1, -0.05) is 30.3 Å². The van der Waals surface area contributed by atoms with Gasteiger partial charge in [0, 0.05) is 23.6 Å². The number of benzene rings is 1. The zero-order chi connectivity index (χ0) is 20.5. The van der Waals surface area contributed by atoms with E-state index in [0.717, 1.165) is 22.8 Å². The van der Waals surface area contributed by atoms with Crippen molar-refractivity contribution in [1.82, 2.24) is 20.2 Å². The van der Waals surface area contributed by atoms with Crippen molar-refractivity contribution in [3.63, 3.8) is 0 Å². The average Bonchev–Trinajstić information content (AvgIpc) is 3.32. The number of hydrogen-bond acceptors (Lipinski definition) is 6. The molecule has 2 aliphatic rings. The van der Waals surface area contributed by atoms with E-state index in [1.165, 1.54) is 20.0 Å². The molecule has 152 valence electrons. The number of carbonyl (C=O) groups excluding carboxylic acids is 1. The molecule has 1 aliphatic carbocycles. The number of carbonyl (C=O) groups is 1. The highest BCUT2D eigenvalue weighted by Crippen LogP contribution is 2.44. The minimum Gasteiger partial charge on any atom is -0.465 e. The molecular formula is C22H21N5O2S. The number of hydrogen-bond donors (Lipinski definition) is 3. The van der Waals surface area contributed by atoms with Crippen molar-refractivity contribution < 1.29 is 9.53 Å². The summed E-state index contributed by atoms with van der Waals surface area (Å²) < 4.78 is 4.83. The highest BCUT2D eigenvalue weighted by atomic mass is 32.2. The van der Waals surface area contributed by atoms with Gasteiger partial charge in [0.05, 0.1) is 24.1 Å². The van der Waals surface area contributed by atoms with Crippen LogP contribution in [0.2, 0.25) is 0 Å². The second-order valence-electron chi connectivity index (χ2n) is 7.21. The van der Waals surface area contributed by atoms with Gasteiger partial charge in [0.1, 0.15) is 11.6 Å². The predicted molar refractivity (Wildman–Crippen MR) is 118 cm³/mol. The molecule has 0 radical (unpaired) electrons. The molecule has 3 aromatic rings. The molecule has 1 aromatic carbocycles. The molecule has 0 saturated heterocycles. The summed E-state index contributed by atoms with van der Waals surface area (Å²) in [6.45, 7) is 0. The van der Waals surface area contributed by atoms with Crippen molar-refractivity contribution in [1.29, 1.82) is 0 Å². The van der Waals surface area contributed by atoms with Crippen molar-refractivity contribution in [2.24, 2.45) is 0 Å². The number of aromatic nitrogens is 4. The third kappa shape index (κ3) is 3.86. The third-order valence-electron chi connectivity index (χ3n) is 4.98. The SMILES string of the molecule is COC(=O)C1=C[SH](c2nc(Nc3cc(C4CC4)n[nH]3)cc(-c3ccccc3)n2)C=C1. The Morgan fingerprint density at radius 2 is 2.03 bits per heavy atom. The van der Waals surface area contributed by atoms with Gasteiger partial charge >= 0.3 is 5.97 Å². The number of aromatic amines is 1. The summed E-state index contributed by atoms with van der Waals surface area (Å²) >= 11 is 0.